The first kappa shape index (κ1) is 61.7. The third-order valence-electron chi connectivity index (χ3n) is 12.9. The van der Waals surface area contributed by atoms with Crippen molar-refractivity contribution in [2.45, 2.75) is 146 Å². The predicted molar refractivity (Wildman–Crippen MR) is 298 cm³/mol. The summed E-state index contributed by atoms with van der Waals surface area (Å²) in [7, 11) is 2.39. The molecule has 2 heterocycles. The number of fused-ring (bicyclic) bond motifs is 1. The molecule has 420 valence electrons. The Morgan fingerprint density at radius 3 is 2.00 bits per heavy atom. The molecule has 0 spiro atoms. The Kier molecular flexibility index (Phi) is 24.6. The van der Waals surface area contributed by atoms with Gasteiger partial charge in [0, 0.05) is 53.9 Å². The SMILES string of the molecule is CC(O)C(CO)NC(=O)C1CCC(C(C)O)NC(=O)C(CCCCNC(=O)OC(C)(C)C)NC(=O)C(Cc2c[nH]c3ccccc23)NC(=O)C(Cc2ccccc2)NC(=O)C(NC(=O)C(N)Cc2ccccc2)CSSC1. The monoisotopic (exact) mass is 1100 g/mol. The van der Waals surface area contributed by atoms with Gasteiger partial charge in [0.2, 0.25) is 35.4 Å². The summed E-state index contributed by atoms with van der Waals surface area (Å²) in [5.41, 5.74) is 8.61. The molecule has 1 saturated heterocycles. The molecule has 1 aliphatic heterocycles. The summed E-state index contributed by atoms with van der Waals surface area (Å²) < 4.78 is 5.36. The molecule has 0 aliphatic carbocycles. The number of nitrogens with one attached hydrogen (secondary N) is 8. The van der Waals surface area contributed by atoms with Crippen LogP contribution in [0.1, 0.15) is 83.4 Å². The van der Waals surface area contributed by atoms with E-state index in [1.165, 1.54) is 35.4 Å². The zero-order valence-corrected chi connectivity index (χ0v) is 46.1. The Labute approximate surface area is 458 Å². The van der Waals surface area contributed by atoms with Crippen molar-refractivity contribution in [2.75, 3.05) is 24.7 Å². The largest absolute Gasteiger partial charge is 0.444 e. The Balaban J connectivity index is 1.54. The molecule has 22 heteroatoms. The molecule has 0 radical (unpaired) electrons. The van der Waals surface area contributed by atoms with Crippen molar-refractivity contribution >= 4 is 74.0 Å². The molecule has 0 saturated carbocycles. The molecule has 4 aromatic rings. The van der Waals surface area contributed by atoms with Gasteiger partial charge in [0.15, 0.2) is 0 Å². The maximum atomic E-state index is 14.9. The van der Waals surface area contributed by atoms with Crippen LogP contribution in [-0.2, 0) is 52.8 Å². The van der Waals surface area contributed by atoms with Crippen LogP contribution in [0, 0.1) is 5.92 Å². The van der Waals surface area contributed by atoms with Crippen molar-refractivity contribution in [3.8, 4) is 0 Å². The van der Waals surface area contributed by atoms with Crippen molar-refractivity contribution in [2.24, 2.45) is 11.7 Å². The van der Waals surface area contributed by atoms with Crippen LogP contribution in [0.15, 0.2) is 91.1 Å². The fourth-order valence-electron chi connectivity index (χ4n) is 8.53. The average molecular weight is 1100 g/mol. The molecule has 13 N–H and O–H groups in total. The van der Waals surface area contributed by atoms with Gasteiger partial charge in [-0.1, -0.05) is 100 Å². The van der Waals surface area contributed by atoms with Crippen LogP contribution < -0.4 is 43.0 Å². The van der Waals surface area contributed by atoms with E-state index >= 15 is 0 Å². The highest BCUT2D eigenvalue weighted by atomic mass is 33.1. The fraction of sp³-hybridized carbons (Fsp3) is 0.509. The van der Waals surface area contributed by atoms with E-state index in [0.717, 1.165) is 16.5 Å². The summed E-state index contributed by atoms with van der Waals surface area (Å²) >= 11 is 0. The molecule has 1 fully saturated rings. The maximum absolute atomic E-state index is 14.9. The summed E-state index contributed by atoms with van der Waals surface area (Å²) in [6, 6.07) is 17.3. The van der Waals surface area contributed by atoms with E-state index in [1.807, 2.05) is 54.6 Å². The van der Waals surface area contributed by atoms with E-state index in [1.54, 1.807) is 57.3 Å². The molecule has 10 atom stereocenters. The first-order valence-corrected chi connectivity index (χ1v) is 28.6. The summed E-state index contributed by atoms with van der Waals surface area (Å²) in [6.45, 7) is 7.77. The molecule has 1 aliphatic rings. The molecule has 20 nitrogen and oxygen atoms in total. The molecule has 7 amide bonds. The third-order valence-corrected chi connectivity index (χ3v) is 15.4. The van der Waals surface area contributed by atoms with E-state index in [-0.39, 0.29) is 56.6 Å². The quantitative estimate of drug-likeness (QED) is 0.0504. The zero-order chi connectivity index (χ0) is 56.1. The summed E-state index contributed by atoms with van der Waals surface area (Å²) in [6.07, 6.45) is -0.145. The number of rotatable bonds is 18. The minimum Gasteiger partial charge on any atom is -0.444 e. The first-order chi connectivity index (χ1) is 36.7. The Morgan fingerprint density at radius 2 is 1.35 bits per heavy atom. The van der Waals surface area contributed by atoms with Crippen LogP contribution in [0.4, 0.5) is 4.79 Å². The highest BCUT2D eigenvalue weighted by Crippen LogP contribution is 2.28. The lowest BCUT2D eigenvalue weighted by Gasteiger charge is -2.29. The number of nitrogens with two attached hydrogens (primary N) is 1. The number of hydrogen-bond donors (Lipinski definition) is 12. The number of benzene rings is 3. The summed E-state index contributed by atoms with van der Waals surface area (Å²) in [5, 5.41) is 51.9. The highest BCUT2D eigenvalue weighted by Gasteiger charge is 2.35. The van der Waals surface area contributed by atoms with Gasteiger partial charge < -0.3 is 68.0 Å². The van der Waals surface area contributed by atoms with Crippen LogP contribution in [-0.4, -0.2) is 147 Å². The van der Waals surface area contributed by atoms with Crippen molar-refractivity contribution in [3.05, 3.63) is 108 Å². The van der Waals surface area contributed by atoms with Gasteiger partial charge in [-0.05, 0) is 95.9 Å². The topological polar surface area (TPSA) is 315 Å². The normalized spacial score (nSPS) is 22.1. The van der Waals surface area contributed by atoms with E-state index in [2.05, 4.69) is 42.2 Å². The van der Waals surface area contributed by atoms with Gasteiger partial charge in [-0.15, -0.1) is 0 Å². The molecule has 1 aromatic heterocycles. The van der Waals surface area contributed by atoms with E-state index in [4.69, 9.17) is 10.5 Å². The fourth-order valence-corrected chi connectivity index (χ4v) is 11.1. The lowest BCUT2D eigenvalue weighted by atomic mass is 9.96. The van der Waals surface area contributed by atoms with Crippen molar-refractivity contribution in [1.29, 1.82) is 0 Å². The van der Waals surface area contributed by atoms with Crippen LogP contribution >= 0.6 is 21.6 Å². The Hall–Kier alpha value is -6.17. The number of aliphatic hydroxyl groups excluding tert-OH is 3. The minimum absolute atomic E-state index is 0.0307. The number of ether oxygens (including phenoxy) is 1. The number of unbranched alkanes of at least 4 members (excludes halogenated alkanes) is 1. The maximum Gasteiger partial charge on any atom is 0.407 e. The van der Waals surface area contributed by atoms with Gasteiger partial charge >= 0.3 is 6.09 Å². The number of carbonyl (C=O) groups is 7. The van der Waals surface area contributed by atoms with Gasteiger partial charge in [0.25, 0.3) is 0 Å². The number of amides is 7. The first-order valence-electron chi connectivity index (χ1n) is 26.1. The molecular weight excluding hydrogens is 1030 g/mol. The van der Waals surface area contributed by atoms with Gasteiger partial charge in [-0.2, -0.15) is 0 Å². The van der Waals surface area contributed by atoms with E-state index in [9.17, 15) is 48.9 Å². The lowest BCUT2D eigenvalue weighted by molar-refractivity contribution is -0.134. The number of hydrogen-bond acceptors (Lipinski definition) is 14. The number of aromatic nitrogens is 1. The number of H-pyrrole nitrogens is 1. The van der Waals surface area contributed by atoms with Crippen molar-refractivity contribution in [1.82, 2.24) is 42.2 Å². The van der Waals surface area contributed by atoms with Gasteiger partial charge in [-0.25, -0.2) is 4.79 Å². The lowest BCUT2D eigenvalue weighted by Crippen LogP contribution is -2.60. The Morgan fingerprint density at radius 1 is 0.753 bits per heavy atom. The number of para-hydroxylation sites is 1. The number of carbonyl (C=O) groups excluding carboxylic acids is 7. The summed E-state index contributed by atoms with van der Waals surface area (Å²) in [4.78, 5) is 102. The van der Waals surface area contributed by atoms with Gasteiger partial charge in [0.05, 0.1) is 36.9 Å². The van der Waals surface area contributed by atoms with E-state index in [0.29, 0.717) is 24.0 Å². The average Bonchev–Trinajstić information content (AvgIpc) is 3.80. The standard InChI is InChI=1S/C55H77N9O11S2/c1-33(66)41-24-23-37(48(68)63-46(30-65)34(2)67)31-76-77-32-47(64-49(69)40(56)26-35-16-8-6-9-17-35)53(73)61-44(27-36-18-10-7-11-19-36)51(71)62-45(28-38-29-58-42-21-13-12-20-39(38)42)52(72)60-43(50(70)59-41)22-14-15-25-57-54(74)75-55(3,4)5/h6-13,16-21,29,33-34,37,40-41,43-47,58,65-67H,14-15,22-28,30-32,56H2,1-5H3,(H,57,74)(H,59,70)(H,60,72)(H,61,73)(H,62,71)(H,63,68)(H,64,69). The second-order valence-corrected chi connectivity index (χ2v) is 23.0. The van der Waals surface area contributed by atoms with Crippen molar-refractivity contribution in [3.63, 3.8) is 0 Å². The molecule has 3 aromatic carbocycles. The molecular formula is C55H77N9O11S2. The van der Waals surface area contributed by atoms with E-state index < -0.39 is 114 Å². The number of aromatic amines is 1. The summed E-state index contributed by atoms with van der Waals surface area (Å²) in [5.74, 6) is -4.77. The second-order valence-electron chi connectivity index (χ2n) is 20.5. The molecule has 5 rings (SSSR count). The van der Waals surface area contributed by atoms with Crippen molar-refractivity contribution < 1.29 is 53.6 Å². The zero-order valence-electron chi connectivity index (χ0n) is 44.4. The third kappa shape index (κ3) is 20.6. The minimum atomic E-state index is -1.33. The Bertz CT molecular complexity index is 2550. The number of aliphatic hydroxyl groups is 3. The molecule has 10 unspecified atom stereocenters. The van der Waals surface area contributed by atoms with Crippen LogP contribution in [0.3, 0.4) is 0 Å². The van der Waals surface area contributed by atoms with Gasteiger partial charge in [0.1, 0.15) is 29.8 Å². The van der Waals surface area contributed by atoms with Crippen LogP contribution in [0.25, 0.3) is 10.9 Å². The molecule has 77 heavy (non-hydrogen) atoms. The predicted octanol–water partition coefficient (Wildman–Crippen LogP) is 2.67. The number of alkyl carbamates (subject to hydrolysis) is 1. The molecule has 0 bridgehead atoms. The van der Waals surface area contributed by atoms with Gasteiger partial charge in [-0.3, -0.25) is 28.8 Å². The van der Waals surface area contributed by atoms with Crippen LogP contribution in [0.2, 0.25) is 0 Å². The van der Waals surface area contributed by atoms with Crippen LogP contribution in [0.5, 0.6) is 0 Å². The smallest absolute Gasteiger partial charge is 0.407 e. The highest BCUT2D eigenvalue weighted by molar-refractivity contribution is 8.76. The second kappa shape index (κ2) is 30.7.